The van der Waals surface area contributed by atoms with Gasteiger partial charge in [0.25, 0.3) is 0 Å². The van der Waals surface area contributed by atoms with Crippen molar-refractivity contribution in [3.05, 3.63) is 35.9 Å². The zero-order chi connectivity index (χ0) is 19.2. The Morgan fingerprint density at radius 3 is 2.54 bits per heavy atom. The molecule has 0 spiro atoms. The molecule has 7 nitrogen and oxygen atoms in total. The Morgan fingerprint density at radius 2 is 1.96 bits per heavy atom. The molecule has 1 saturated heterocycles. The molecule has 1 aliphatic heterocycles. The van der Waals surface area contributed by atoms with E-state index in [0.29, 0.717) is 19.5 Å². The molecule has 1 aromatic rings. The molecule has 3 N–H and O–H groups in total. The Morgan fingerprint density at radius 1 is 1.27 bits per heavy atom. The molecule has 1 aromatic carbocycles. The number of nitrogens with one attached hydrogen (secondary N) is 1. The van der Waals surface area contributed by atoms with Gasteiger partial charge in [-0.15, -0.1) is 0 Å². The number of aliphatic hydroxyl groups excluding tert-OH is 1. The number of carbonyl (C=O) groups is 3. The lowest BCUT2D eigenvalue weighted by Crippen LogP contribution is -2.57. The number of piperidine rings is 1. The van der Waals surface area contributed by atoms with Crippen LogP contribution in [0.2, 0.25) is 0 Å². The number of carboxylic acids is 1. The number of carboxylic acid groups (broad SMARTS) is 1. The first-order valence-electron chi connectivity index (χ1n) is 8.83. The normalized spacial score (nSPS) is 22.7. The molecule has 0 aliphatic carbocycles. The number of hydrogen-bond acceptors (Lipinski definition) is 4. The molecular weight excluding hydrogens is 336 g/mol. The van der Waals surface area contributed by atoms with Crippen molar-refractivity contribution in [3.8, 4) is 0 Å². The van der Waals surface area contributed by atoms with Crippen LogP contribution in [0.3, 0.4) is 0 Å². The zero-order valence-electron chi connectivity index (χ0n) is 15.0. The summed E-state index contributed by atoms with van der Waals surface area (Å²) in [4.78, 5) is 36.6. The van der Waals surface area contributed by atoms with Gasteiger partial charge in [0.15, 0.2) is 0 Å². The topological polar surface area (TPSA) is 107 Å². The summed E-state index contributed by atoms with van der Waals surface area (Å²) in [7, 11) is 0. The van der Waals surface area contributed by atoms with Crippen LogP contribution in [0.5, 0.6) is 0 Å². The molecule has 2 rings (SSSR count). The fourth-order valence-electron chi connectivity index (χ4n) is 3.36. The largest absolute Gasteiger partial charge is 0.481 e. The number of benzene rings is 1. The second-order valence-corrected chi connectivity index (χ2v) is 6.82. The maximum Gasteiger partial charge on any atom is 0.312 e. The molecule has 142 valence electrons. The fourth-order valence-corrected chi connectivity index (χ4v) is 3.36. The number of aliphatic carboxylic acids is 1. The summed E-state index contributed by atoms with van der Waals surface area (Å²) < 4.78 is 0. The Kier molecular flexibility index (Phi) is 6.74. The van der Waals surface area contributed by atoms with Crippen molar-refractivity contribution in [2.75, 3.05) is 19.6 Å². The van der Waals surface area contributed by atoms with Crippen LogP contribution in [-0.2, 0) is 20.8 Å². The van der Waals surface area contributed by atoms with Crippen LogP contribution in [-0.4, -0.2) is 58.6 Å². The number of likely N-dealkylation sites (tertiary alicyclic amines) is 1. The maximum absolute atomic E-state index is 12.3. The van der Waals surface area contributed by atoms with E-state index in [1.54, 1.807) is 0 Å². The third-order valence-electron chi connectivity index (χ3n) is 4.94. The minimum atomic E-state index is -1.28. The van der Waals surface area contributed by atoms with E-state index in [9.17, 15) is 24.6 Å². The highest BCUT2D eigenvalue weighted by atomic mass is 16.4. The van der Waals surface area contributed by atoms with Crippen LogP contribution in [0.25, 0.3) is 0 Å². The van der Waals surface area contributed by atoms with E-state index < -0.39 is 17.5 Å². The number of hydrogen-bond donors (Lipinski definition) is 3. The smallest absolute Gasteiger partial charge is 0.312 e. The lowest BCUT2D eigenvalue weighted by Gasteiger charge is -2.43. The van der Waals surface area contributed by atoms with Gasteiger partial charge in [-0.05, 0) is 24.8 Å². The number of amides is 2. The summed E-state index contributed by atoms with van der Waals surface area (Å²) >= 11 is 0. The van der Waals surface area contributed by atoms with Gasteiger partial charge in [0.05, 0.1) is 6.10 Å². The Labute approximate surface area is 153 Å². The van der Waals surface area contributed by atoms with Crippen LogP contribution in [0, 0.1) is 5.41 Å². The second kappa shape index (κ2) is 8.80. The standard InChI is InChI=1S/C19H26N2O5/c1-14(22)20-10-5-8-17(24)21-11-9-19(18(25)26,16(23)13-21)12-15-6-3-2-4-7-15/h2-4,6-7,16,23H,5,8-13H2,1H3,(H,20,22)(H,25,26)/t16-,19-/m1/s1. The maximum atomic E-state index is 12.3. The van der Waals surface area contributed by atoms with Crippen molar-refractivity contribution in [1.82, 2.24) is 10.2 Å². The zero-order valence-corrected chi connectivity index (χ0v) is 15.0. The molecule has 0 saturated carbocycles. The van der Waals surface area contributed by atoms with E-state index in [1.807, 2.05) is 30.3 Å². The number of nitrogens with zero attached hydrogens (tertiary/aromatic N) is 1. The highest BCUT2D eigenvalue weighted by molar-refractivity contribution is 5.79. The number of aliphatic hydroxyl groups is 1. The average Bonchev–Trinajstić information content (AvgIpc) is 2.60. The van der Waals surface area contributed by atoms with Gasteiger partial charge in [-0.1, -0.05) is 30.3 Å². The van der Waals surface area contributed by atoms with E-state index in [4.69, 9.17) is 0 Å². The van der Waals surface area contributed by atoms with E-state index >= 15 is 0 Å². The van der Waals surface area contributed by atoms with Gasteiger partial charge >= 0.3 is 5.97 Å². The highest BCUT2D eigenvalue weighted by Gasteiger charge is 2.49. The predicted octanol–water partition coefficient (Wildman–Crippen LogP) is 0.810. The number of rotatable bonds is 7. The number of β-amino-alcohol motifs (C(OH)–C–C–N with tert-alkyl or cyclic N) is 1. The van der Waals surface area contributed by atoms with Crippen LogP contribution >= 0.6 is 0 Å². The molecule has 0 radical (unpaired) electrons. The first-order valence-corrected chi connectivity index (χ1v) is 8.83. The van der Waals surface area contributed by atoms with Crippen molar-refractivity contribution in [1.29, 1.82) is 0 Å². The molecule has 0 aromatic heterocycles. The molecule has 1 heterocycles. The Balaban J connectivity index is 1.97. The SMILES string of the molecule is CC(=O)NCCCC(=O)N1CC[C@](Cc2ccccc2)(C(=O)O)[C@H](O)C1. The minimum Gasteiger partial charge on any atom is -0.481 e. The monoisotopic (exact) mass is 362 g/mol. The van der Waals surface area contributed by atoms with Gasteiger partial charge in [-0.25, -0.2) is 0 Å². The average molecular weight is 362 g/mol. The van der Waals surface area contributed by atoms with Gasteiger partial charge in [-0.3, -0.25) is 14.4 Å². The molecular formula is C19H26N2O5. The van der Waals surface area contributed by atoms with E-state index in [2.05, 4.69) is 5.32 Å². The molecule has 1 fully saturated rings. The molecule has 2 atom stereocenters. The fraction of sp³-hybridized carbons (Fsp3) is 0.526. The van der Waals surface area contributed by atoms with Crippen LogP contribution in [0.4, 0.5) is 0 Å². The lowest BCUT2D eigenvalue weighted by atomic mass is 9.71. The van der Waals surface area contributed by atoms with Crippen molar-refractivity contribution in [2.24, 2.45) is 5.41 Å². The first-order chi connectivity index (χ1) is 12.3. The number of carbonyl (C=O) groups excluding carboxylic acids is 2. The van der Waals surface area contributed by atoms with Crippen molar-refractivity contribution < 1.29 is 24.6 Å². The van der Waals surface area contributed by atoms with Gasteiger partial charge in [0.2, 0.25) is 11.8 Å². The Hall–Kier alpha value is -2.41. The quantitative estimate of drug-likeness (QED) is 0.622. The molecule has 0 unspecified atom stereocenters. The molecule has 1 aliphatic rings. The van der Waals surface area contributed by atoms with Gasteiger partial charge in [0.1, 0.15) is 5.41 Å². The van der Waals surface area contributed by atoms with Crippen LogP contribution in [0.15, 0.2) is 30.3 Å². The molecule has 26 heavy (non-hydrogen) atoms. The van der Waals surface area contributed by atoms with Crippen LogP contribution in [0.1, 0.15) is 31.7 Å². The minimum absolute atomic E-state index is 0.0120. The third-order valence-corrected chi connectivity index (χ3v) is 4.94. The van der Waals surface area contributed by atoms with Crippen LogP contribution < -0.4 is 5.32 Å². The predicted molar refractivity (Wildman–Crippen MR) is 95.3 cm³/mol. The summed E-state index contributed by atoms with van der Waals surface area (Å²) in [5, 5.41) is 23.0. The van der Waals surface area contributed by atoms with Crippen molar-refractivity contribution in [2.45, 2.75) is 38.7 Å². The Bertz CT molecular complexity index is 649. The summed E-state index contributed by atoms with van der Waals surface area (Å²) in [6, 6.07) is 9.22. The summed E-state index contributed by atoms with van der Waals surface area (Å²) in [5.41, 5.74) is -0.432. The van der Waals surface area contributed by atoms with Crippen molar-refractivity contribution in [3.63, 3.8) is 0 Å². The molecule has 0 bridgehead atoms. The van der Waals surface area contributed by atoms with E-state index in [0.717, 1.165) is 5.56 Å². The van der Waals surface area contributed by atoms with Gasteiger partial charge < -0.3 is 20.4 Å². The summed E-state index contributed by atoms with van der Waals surface area (Å²) in [6.07, 6.45) is 0.0727. The third kappa shape index (κ3) is 4.82. The highest BCUT2D eigenvalue weighted by Crippen LogP contribution is 2.36. The summed E-state index contributed by atoms with van der Waals surface area (Å²) in [5.74, 6) is -1.31. The summed E-state index contributed by atoms with van der Waals surface area (Å²) in [6.45, 7) is 2.15. The molecule has 7 heteroatoms. The first kappa shape index (κ1) is 19.9. The van der Waals surface area contributed by atoms with E-state index in [-0.39, 0.29) is 37.6 Å². The van der Waals surface area contributed by atoms with Gasteiger partial charge in [0, 0.05) is 33.0 Å². The van der Waals surface area contributed by atoms with E-state index in [1.165, 1.54) is 11.8 Å². The lowest BCUT2D eigenvalue weighted by molar-refractivity contribution is -0.166. The van der Waals surface area contributed by atoms with Gasteiger partial charge in [-0.2, -0.15) is 0 Å². The molecule has 2 amide bonds. The second-order valence-electron chi connectivity index (χ2n) is 6.82. The van der Waals surface area contributed by atoms with Crippen molar-refractivity contribution >= 4 is 17.8 Å².